The van der Waals surface area contributed by atoms with Gasteiger partial charge in [0.05, 0.1) is 19.4 Å². The second-order valence-corrected chi connectivity index (χ2v) is 4.68. The van der Waals surface area contributed by atoms with Crippen LogP contribution in [0.15, 0.2) is 24.3 Å². The second-order valence-electron chi connectivity index (χ2n) is 3.51. The quantitative estimate of drug-likeness (QED) is 0.354. The summed E-state index contributed by atoms with van der Waals surface area (Å²) in [7, 11) is 1.28. The molecule has 1 aromatic rings. The maximum atomic E-state index is 11.2. The molecular formula is C11H12INO4. The fourth-order valence-electron chi connectivity index (χ4n) is 1.54. The van der Waals surface area contributed by atoms with Gasteiger partial charge in [-0.2, -0.15) is 0 Å². The van der Waals surface area contributed by atoms with Gasteiger partial charge in [-0.25, -0.2) is 0 Å². The van der Waals surface area contributed by atoms with Gasteiger partial charge in [0.1, 0.15) is 0 Å². The molecule has 17 heavy (non-hydrogen) atoms. The van der Waals surface area contributed by atoms with Crippen molar-refractivity contribution in [1.29, 1.82) is 0 Å². The number of methoxy groups -OCH3 is 1. The fraction of sp³-hybridized carbons (Fsp3) is 0.364. The Morgan fingerprint density at radius 2 is 2.18 bits per heavy atom. The normalized spacial score (nSPS) is 11.9. The second kappa shape index (κ2) is 6.53. The van der Waals surface area contributed by atoms with Crippen molar-refractivity contribution in [2.75, 3.05) is 13.7 Å². The molecule has 0 radical (unpaired) electrons. The monoisotopic (exact) mass is 349 g/mol. The van der Waals surface area contributed by atoms with Gasteiger partial charge in [0.2, 0.25) is 6.54 Å². The van der Waals surface area contributed by atoms with Crippen molar-refractivity contribution in [3.05, 3.63) is 43.5 Å². The summed E-state index contributed by atoms with van der Waals surface area (Å²) < 4.78 is 5.48. The molecule has 0 aliphatic carbocycles. The first-order chi connectivity index (χ1) is 8.04. The van der Waals surface area contributed by atoms with E-state index in [2.05, 4.69) is 27.3 Å². The van der Waals surface area contributed by atoms with E-state index in [4.69, 9.17) is 0 Å². The molecule has 0 spiro atoms. The van der Waals surface area contributed by atoms with E-state index in [1.807, 2.05) is 18.2 Å². The van der Waals surface area contributed by atoms with E-state index >= 15 is 0 Å². The molecule has 1 aromatic carbocycles. The Labute approximate surface area is 112 Å². The number of halogens is 1. The molecule has 0 N–H and O–H groups in total. The van der Waals surface area contributed by atoms with Gasteiger partial charge in [-0.15, -0.1) is 0 Å². The van der Waals surface area contributed by atoms with Gasteiger partial charge in [-0.05, 0) is 34.2 Å². The average Bonchev–Trinajstić information content (AvgIpc) is 2.28. The predicted molar refractivity (Wildman–Crippen MR) is 70.4 cm³/mol. The number of nitro groups is 1. The number of ether oxygens (including phenoxy) is 1. The predicted octanol–water partition coefficient (Wildman–Crippen LogP) is 2.21. The Kier molecular flexibility index (Phi) is 5.33. The highest BCUT2D eigenvalue weighted by atomic mass is 127. The molecule has 5 nitrogen and oxygen atoms in total. The lowest BCUT2D eigenvalue weighted by molar-refractivity contribution is -0.483. The number of carbonyl (C=O) groups excluding carboxylic acids is 1. The summed E-state index contributed by atoms with van der Waals surface area (Å²) in [6.45, 7) is -0.269. The van der Waals surface area contributed by atoms with Crippen LogP contribution in [0.4, 0.5) is 0 Å². The van der Waals surface area contributed by atoms with E-state index in [1.165, 1.54) is 7.11 Å². The molecule has 6 heteroatoms. The first-order valence-electron chi connectivity index (χ1n) is 4.97. The number of carbonyl (C=O) groups is 1. The SMILES string of the molecule is COC(=O)CC(C[N+](=O)[O-])c1ccccc1I. The highest BCUT2D eigenvalue weighted by molar-refractivity contribution is 14.1. The van der Waals surface area contributed by atoms with Crippen LogP contribution in [-0.4, -0.2) is 24.5 Å². The Hall–Kier alpha value is -1.18. The molecule has 92 valence electrons. The highest BCUT2D eigenvalue weighted by Gasteiger charge is 2.23. The van der Waals surface area contributed by atoms with Crippen molar-refractivity contribution in [1.82, 2.24) is 0 Å². The first kappa shape index (κ1) is 13.9. The summed E-state index contributed by atoms with van der Waals surface area (Å²) in [5, 5.41) is 10.6. The van der Waals surface area contributed by atoms with Crippen LogP contribution in [-0.2, 0) is 9.53 Å². The molecule has 0 amide bonds. The highest BCUT2D eigenvalue weighted by Crippen LogP contribution is 2.25. The van der Waals surface area contributed by atoms with Crippen LogP contribution < -0.4 is 0 Å². The van der Waals surface area contributed by atoms with Gasteiger partial charge >= 0.3 is 5.97 Å². The molecule has 1 rings (SSSR count). The number of nitrogens with zero attached hydrogens (tertiary/aromatic N) is 1. The van der Waals surface area contributed by atoms with Gasteiger partial charge in [0.15, 0.2) is 0 Å². The molecule has 0 saturated carbocycles. The molecule has 0 fully saturated rings. The van der Waals surface area contributed by atoms with Crippen LogP contribution in [0.2, 0.25) is 0 Å². The minimum absolute atomic E-state index is 0.0253. The van der Waals surface area contributed by atoms with Crippen LogP contribution in [0.25, 0.3) is 0 Å². The van der Waals surface area contributed by atoms with Crippen molar-refractivity contribution in [2.24, 2.45) is 0 Å². The lowest BCUT2D eigenvalue weighted by atomic mass is 9.96. The smallest absolute Gasteiger partial charge is 0.306 e. The standard InChI is InChI=1S/C11H12INO4/c1-17-11(14)6-8(7-13(15)16)9-4-2-3-5-10(9)12/h2-5,8H,6-7H2,1H3. The van der Waals surface area contributed by atoms with Gasteiger partial charge in [0, 0.05) is 8.49 Å². The van der Waals surface area contributed by atoms with Crippen LogP contribution in [0.3, 0.4) is 0 Å². The zero-order chi connectivity index (χ0) is 12.8. The summed E-state index contributed by atoms with van der Waals surface area (Å²) in [5.74, 6) is -0.873. The van der Waals surface area contributed by atoms with E-state index in [9.17, 15) is 14.9 Å². The Balaban J connectivity index is 2.93. The van der Waals surface area contributed by atoms with E-state index in [0.29, 0.717) is 0 Å². The van der Waals surface area contributed by atoms with Gasteiger partial charge in [-0.1, -0.05) is 18.2 Å². The van der Waals surface area contributed by atoms with E-state index in [1.54, 1.807) is 6.07 Å². The van der Waals surface area contributed by atoms with Crippen molar-refractivity contribution in [3.63, 3.8) is 0 Å². The van der Waals surface area contributed by atoms with Crippen LogP contribution in [0, 0.1) is 13.7 Å². The van der Waals surface area contributed by atoms with Crippen molar-refractivity contribution >= 4 is 28.6 Å². The van der Waals surface area contributed by atoms with Crippen LogP contribution in [0.5, 0.6) is 0 Å². The summed E-state index contributed by atoms with van der Waals surface area (Å²) in [4.78, 5) is 21.5. The summed E-state index contributed by atoms with van der Waals surface area (Å²) in [6, 6.07) is 7.33. The van der Waals surface area contributed by atoms with Gasteiger partial charge in [-0.3, -0.25) is 14.9 Å². The maximum absolute atomic E-state index is 11.2. The van der Waals surface area contributed by atoms with Gasteiger partial charge in [0.25, 0.3) is 0 Å². The maximum Gasteiger partial charge on any atom is 0.306 e. The average molecular weight is 349 g/mol. The number of esters is 1. The van der Waals surface area contributed by atoms with Crippen LogP contribution in [0.1, 0.15) is 17.9 Å². The van der Waals surface area contributed by atoms with Crippen molar-refractivity contribution in [2.45, 2.75) is 12.3 Å². The third-order valence-electron chi connectivity index (χ3n) is 2.36. The molecular weight excluding hydrogens is 337 g/mol. The van der Waals surface area contributed by atoms with E-state index < -0.39 is 16.8 Å². The molecule has 0 heterocycles. The van der Waals surface area contributed by atoms with Crippen LogP contribution >= 0.6 is 22.6 Å². The molecule has 0 aromatic heterocycles. The molecule has 0 bridgehead atoms. The minimum Gasteiger partial charge on any atom is -0.469 e. The lowest BCUT2D eigenvalue weighted by Gasteiger charge is -2.13. The molecule has 0 aliphatic heterocycles. The zero-order valence-corrected chi connectivity index (χ0v) is 11.4. The molecule has 0 aliphatic rings. The zero-order valence-electron chi connectivity index (χ0n) is 9.26. The Morgan fingerprint density at radius 1 is 1.53 bits per heavy atom. The topological polar surface area (TPSA) is 69.4 Å². The van der Waals surface area contributed by atoms with E-state index in [0.717, 1.165) is 9.13 Å². The van der Waals surface area contributed by atoms with Crippen molar-refractivity contribution < 1.29 is 14.5 Å². The third-order valence-corrected chi connectivity index (χ3v) is 3.34. The molecule has 0 saturated heterocycles. The summed E-state index contributed by atoms with van der Waals surface area (Å²) in [6.07, 6.45) is 0.0253. The first-order valence-corrected chi connectivity index (χ1v) is 6.05. The summed E-state index contributed by atoms with van der Waals surface area (Å²) in [5.41, 5.74) is 0.815. The third kappa shape index (κ3) is 4.29. The number of benzene rings is 1. The van der Waals surface area contributed by atoms with Gasteiger partial charge < -0.3 is 4.74 Å². The Morgan fingerprint density at radius 3 is 2.71 bits per heavy atom. The summed E-state index contributed by atoms with van der Waals surface area (Å²) >= 11 is 2.11. The fourth-order valence-corrected chi connectivity index (χ4v) is 2.37. The molecule has 1 atom stereocenters. The minimum atomic E-state index is -0.439. The largest absolute Gasteiger partial charge is 0.469 e. The molecule has 1 unspecified atom stereocenters. The Bertz CT molecular complexity index is 422. The lowest BCUT2D eigenvalue weighted by Crippen LogP contribution is -2.18. The number of hydrogen-bond donors (Lipinski definition) is 0. The van der Waals surface area contributed by atoms with E-state index in [-0.39, 0.29) is 13.0 Å². The number of rotatable bonds is 5. The number of hydrogen-bond acceptors (Lipinski definition) is 4. The van der Waals surface area contributed by atoms with Crippen molar-refractivity contribution in [3.8, 4) is 0 Å².